The van der Waals surface area contributed by atoms with Crippen LogP contribution in [0.25, 0.3) is 0 Å². The van der Waals surface area contributed by atoms with Gasteiger partial charge in [-0.3, -0.25) is 0 Å². The van der Waals surface area contributed by atoms with Crippen molar-refractivity contribution in [2.45, 2.75) is 11.4 Å². The van der Waals surface area contributed by atoms with Gasteiger partial charge in [0.1, 0.15) is 10.7 Å². The first-order valence-electron chi connectivity index (χ1n) is 5.86. The Morgan fingerprint density at radius 2 is 1.95 bits per heavy atom. The van der Waals surface area contributed by atoms with E-state index in [0.29, 0.717) is 4.47 Å². The molecule has 0 aliphatic heterocycles. The third kappa shape index (κ3) is 3.74. The Kier molecular flexibility index (Phi) is 4.86. The van der Waals surface area contributed by atoms with Gasteiger partial charge in [0.05, 0.1) is 0 Å². The normalized spacial score (nSPS) is 11.4. The first kappa shape index (κ1) is 15.8. The molecule has 112 valence electrons. The van der Waals surface area contributed by atoms with Crippen molar-refractivity contribution in [1.29, 1.82) is 0 Å². The molecule has 1 heterocycles. The summed E-state index contributed by atoms with van der Waals surface area (Å²) in [6.45, 7) is 0.204. The van der Waals surface area contributed by atoms with Gasteiger partial charge in [0.15, 0.2) is 0 Å². The van der Waals surface area contributed by atoms with Crippen LogP contribution in [0.5, 0.6) is 0 Å². The number of nitrogens with zero attached hydrogens (tertiary/aromatic N) is 2. The van der Waals surface area contributed by atoms with Crippen LogP contribution in [0.1, 0.15) is 5.56 Å². The number of nitrogens with one attached hydrogen (secondary N) is 2. The topological polar surface area (TPSA) is 84.0 Å². The molecule has 1 aromatic heterocycles. The third-order valence-corrected chi connectivity index (χ3v) is 4.31. The minimum atomic E-state index is -4.12. The van der Waals surface area contributed by atoms with Gasteiger partial charge in [0.25, 0.3) is 10.0 Å². The van der Waals surface area contributed by atoms with Crippen molar-refractivity contribution in [3.05, 3.63) is 46.4 Å². The molecule has 2 aromatic rings. The van der Waals surface area contributed by atoms with E-state index in [4.69, 9.17) is 0 Å². The number of hydrogen-bond acceptors (Lipinski definition) is 5. The summed E-state index contributed by atoms with van der Waals surface area (Å²) in [5, 5.41) is 2.78. The Balaban J connectivity index is 2.45. The number of halogens is 2. The second-order valence-electron chi connectivity index (χ2n) is 4.09. The summed E-state index contributed by atoms with van der Waals surface area (Å²) in [4.78, 5) is 7.04. The summed E-state index contributed by atoms with van der Waals surface area (Å²) in [6.07, 6.45) is 2.77. The van der Waals surface area contributed by atoms with E-state index in [1.165, 1.54) is 24.5 Å². The fourth-order valence-corrected chi connectivity index (χ4v) is 3.42. The van der Waals surface area contributed by atoms with Crippen LogP contribution in [-0.4, -0.2) is 25.4 Å². The summed E-state index contributed by atoms with van der Waals surface area (Å²) in [5.74, 6) is -0.928. The minimum absolute atomic E-state index is 0.118. The predicted octanol–water partition coefficient (Wildman–Crippen LogP) is 1.90. The lowest BCUT2D eigenvalue weighted by atomic mass is 10.2. The van der Waals surface area contributed by atoms with Gasteiger partial charge in [-0.1, -0.05) is 15.9 Å². The van der Waals surface area contributed by atoms with Gasteiger partial charge < -0.3 is 5.32 Å². The van der Waals surface area contributed by atoms with Gasteiger partial charge in [-0.05, 0) is 25.2 Å². The molecule has 0 unspecified atom stereocenters. The van der Waals surface area contributed by atoms with Crippen molar-refractivity contribution in [2.24, 2.45) is 0 Å². The van der Waals surface area contributed by atoms with Gasteiger partial charge in [-0.25, -0.2) is 27.5 Å². The molecule has 0 atom stereocenters. The highest BCUT2D eigenvalue weighted by Gasteiger charge is 2.23. The molecule has 0 spiro atoms. The molecule has 1 aromatic carbocycles. The lowest BCUT2D eigenvalue weighted by Gasteiger charge is -2.11. The number of hydrogen-bond donors (Lipinski definition) is 2. The maximum absolute atomic E-state index is 14.3. The van der Waals surface area contributed by atoms with Gasteiger partial charge >= 0.3 is 0 Å². The van der Waals surface area contributed by atoms with Crippen molar-refractivity contribution in [3.63, 3.8) is 0 Å². The lowest BCUT2D eigenvalue weighted by Crippen LogP contribution is -2.18. The number of aromatic nitrogens is 2. The lowest BCUT2D eigenvalue weighted by molar-refractivity contribution is 0.555. The van der Waals surface area contributed by atoms with Crippen molar-refractivity contribution in [1.82, 2.24) is 15.3 Å². The van der Waals surface area contributed by atoms with Crippen LogP contribution in [0, 0.1) is 5.82 Å². The highest BCUT2D eigenvalue weighted by Crippen LogP contribution is 2.25. The van der Waals surface area contributed by atoms with Gasteiger partial charge in [0.2, 0.25) is 5.95 Å². The van der Waals surface area contributed by atoms with Gasteiger partial charge in [-0.15, -0.1) is 0 Å². The Bertz CT molecular complexity index is 740. The van der Waals surface area contributed by atoms with Gasteiger partial charge in [-0.2, -0.15) is 0 Å². The van der Waals surface area contributed by atoms with Crippen LogP contribution in [0.4, 0.5) is 10.3 Å². The maximum Gasteiger partial charge on any atom is 0.267 e. The molecule has 9 heteroatoms. The second kappa shape index (κ2) is 6.46. The van der Waals surface area contributed by atoms with Crippen LogP contribution >= 0.6 is 15.9 Å². The molecule has 2 N–H and O–H groups in total. The van der Waals surface area contributed by atoms with Crippen LogP contribution in [-0.2, 0) is 16.6 Å². The Morgan fingerprint density at radius 1 is 1.29 bits per heavy atom. The number of anilines is 1. The fraction of sp³-hybridized carbons (Fsp3) is 0.167. The zero-order chi connectivity index (χ0) is 15.5. The van der Waals surface area contributed by atoms with Crippen LogP contribution < -0.4 is 10.0 Å². The highest BCUT2D eigenvalue weighted by molar-refractivity contribution is 9.10. The molecular weight excluding hydrogens is 363 g/mol. The number of rotatable bonds is 5. The maximum atomic E-state index is 14.3. The average molecular weight is 375 g/mol. The molecule has 0 bridgehead atoms. The Labute approximate surface area is 130 Å². The van der Waals surface area contributed by atoms with Crippen LogP contribution in [0.15, 0.2) is 40.0 Å². The first-order chi connectivity index (χ1) is 9.94. The fourth-order valence-electron chi connectivity index (χ4n) is 1.66. The molecule has 0 aliphatic rings. The summed E-state index contributed by atoms with van der Waals surface area (Å²) in [7, 11) is -2.47. The molecule has 0 radical (unpaired) electrons. The minimum Gasteiger partial charge on any atom is -0.316 e. The summed E-state index contributed by atoms with van der Waals surface area (Å²) in [6, 6.07) is 4.26. The first-order valence-corrected chi connectivity index (χ1v) is 8.14. The van der Waals surface area contributed by atoms with E-state index in [1.54, 1.807) is 13.1 Å². The van der Waals surface area contributed by atoms with Crippen molar-refractivity contribution in [3.8, 4) is 0 Å². The zero-order valence-corrected chi connectivity index (χ0v) is 13.4. The smallest absolute Gasteiger partial charge is 0.267 e. The summed E-state index contributed by atoms with van der Waals surface area (Å²) in [5.41, 5.74) is 0.237. The third-order valence-electron chi connectivity index (χ3n) is 2.53. The Morgan fingerprint density at radius 3 is 2.57 bits per heavy atom. The van der Waals surface area contributed by atoms with Crippen LogP contribution in [0.2, 0.25) is 0 Å². The molecule has 0 saturated heterocycles. The Hall–Kier alpha value is -1.58. The van der Waals surface area contributed by atoms with E-state index >= 15 is 0 Å². The van der Waals surface area contributed by atoms with Gasteiger partial charge in [0, 0.05) is 29.0 Å². The number of sulfonamides is 1. The quantitative estimate of drug-likeness (QED) is 0.834. The van der Waals surface area contributed by atoms with E-state index in [1.807, 2.05) is 0 Å². The van der Waals surface area contributed by atoms with E-state index in [2.05, 4.69) is 35.9 Å². The standard InChI is InChI=1S/C12H12BrFN4O2S/c1-15-7-8-5-9(13)6-10(11(8)14)21(19,20)18-12-16-3-2-4-17-12/h2-6,15H,7H2,1H3,(H,16,17,18). The molecule has 21 heavy (non-hydrogen) atoms. The molecule has 2 rings (SSSR count). The highest BCUT2D eigenvalue weighted by atomic mass is 79.9. The monoisotopic (exact) mass is 374 g/mol. The van der Waals surface area contributed by atoms with Crippen molar-refractivity contribution < 1.29 is 12.8 Å². The SMILES string of the molecule is CNCc1cc(Br)cc(S(=O)(=O)Nc2ncccn2)c1F. The molecule has 0 aliphatic carbocycles. The van der Waals surface area contributed by atoms with Crippen LogP contribution in [0.3, 0.4) is 0 Å². The average Bonchev–Trinajstić information content (AvgIpc) is 2.43. The van der Waals surface area contributed by atoms with Crippen molar-refractivity contribution >= 4 is 31.9 Å². The number of benzene rings is 1. The molecule has 0 fully saturated rings. The molecule has 0 amide bonds. The summed E-state index contributed by atoms with van der Waals surface area (Å²) < 4.78 is 41.4. The molecule has 6 nitrogen and oxygen atoms in total. The van der Waals surface area contributed by atoms with E-state index in [0.717, 1.165) is 0 Å². The zero-order valence-electron chi connectivity index (χ0n) is 11.0. The predicted molar refractivity (Wildman–Crippen MR) is 79.7 cm³/mol. The molecular formula is C12H12BrFN4O2S. The van der Waals surface area contributed by atoms with E-state index in [9.17, 15) is 12.8 Å². The van der Waals surface area contributed by atoms with E-state index < -0.39 is 20.7 Å². The van der Waals surface area contributed by atoms with E-state index in [-0.39, 0.29) is 18.1 Å². The molecule has 0 saturated carbocycles. The summed E-state index contributed by atoms with van der Waals surface area (Å²) >= 11 is 3.18. The second-order valence-corrected chi connectivity index (χ2v) is 6.65. The van der Waals surface area contributed by atoms with Crippen molar-refractivity contribution in [2.75, 3.05) is 11.8 Å². The largest absolute Gasteiger partial charge is 0.316 e.